The molecule has 3 heterocycles. The second-order valence-electron chi connectivity index (χ2n) is 8.04. The highest BCUT2D eigenvalue weighted by atomic mass is 35.5. The van der Waals surface area contributed by atoms with Crippen LogP contribution in [0.2, 0.25) is 5.02 Å². The summed E-state index contributed by atoms with van der Waals surface area (Å²) in [6.07, 6.45) is 3.46. The zero-order valence-electron chi connectivity index (χ0n) is 18.1. The molecule has 1 aliphatic rings. The number of para-hydroxylation sites is 1. The number of morpholine rings is 1. The van der Waals surface area contributed by atoms with Gasteiger partial charge in [-0.3, -0.25) is 0 Å². The van der Waals surface area contributed by atoms with Gasteiger partial charge < -0.3 is 14.5 Å². The highest BCUT2D eigenvalue weighted by Crippen LogP contribution is 2.30. The number of rotatable bonds is 5. The minimum Gasteiger partial charge on any atom is -0.378 e. The molecule has 0 spiro atoms. The Hall–Kier alpha value is -3.16. The van der Waals surface area contributed by atoms with Crippen molar-refractivity contribution in [3.8, 4) is 5.82 Å². The Labute approximate surface area is 192 Å². The molecule has 0 aliphatic carbocycles. The Bertz CT molecular complexity index is 1220. The molecule has 2 aromatic carbocycles. The quantitative estimate of drug-likeness (QED) is 0.435. The molecule has 1 saturated heterocycles. The van der Waals surface area contributed by atoms with Crippen LogP contribution in [0.15, 0.2) is 60.9 Å². The Kier molecular flexibility index (Phi) is 5.68. The van der Waals surface area contributed by atoms with Gasteiger partial charge in [-0.25, -0.2) is 9.67 Å². The molecule has 32 heavy (non-hydrogen) atoms. The molecule has 1 aliphatic heterocycles. The van der Waals surface area contributed by atoms with Gasteiger partial charge in [0.2, 0.25) is 5.95 Å². The largest absolute Gasteiger partial charge is 0.378 e. The van der Waals surface area contributed by atoms with Crippen LogP contribution in [0, 0.1) is 0 Å². The number of fused-ring (bicyclic) bond motifs is 1. The third-order valence-electron chi connectivity index (χ3n) is 5.63. The van der Waals surface area contributed by atoms with Crippen molar-refractivity contribution in [1.29, 1.82) is 0 Å². The van der Waals surface area contributed by atoms with Crippen LogP contribution in [0.3, 0.4) is 0 Å². The van der Waals surface area contributed by atoms with Crippen molar-refractivity contribution in [3.63, 3.8) is 0 Å². The summed E-state index contributed by atoms with van der Waals surface area (Å²) in [6.45, 7) is 7.60. The average molecular weight is 449 g/mol. The first-order chi connectivity index (χ1) is 15.6. The fourth-order valence-corrected chi connectivity index (χ4v) is 4.22. The molecule has 0 saturated carbocycles. The summed E-state index contributed by atoms with van der Waals surface area (Å²) in [4.78, 5) is 13.8. The molecular formula is C24H25ClN6O. The Morgan fingerprint density at radius 3 is 2.50 bits per heavy atom. The van der Waals surface area contributed by atoms with Gasteiger partial charge in [-0.2, -0.15) is 10.1 Å². The molecular weight excluding hydrogens is 424 g/mol. The SMILES string of the molecule is CC(C)N(c1ccc(N2CCOCC2)cc1)c1ncc(Cl)c(-n2ncc3ccccc32)n1. The molecule has 1 fully saturated rings. The van der Waals surface area contributed by atoms with Crippen molar-refractivity contribution in [2.75, 3.05) is 36.1 Å². The first-order valence-corrected chi connectivity index (χ1v) is 11.2. The molecule has 2 aromatic heterocycles. The third kappa shape index (κ3) is 3.89. The van der Waals surface area contributed by atoms with E-state index in [1.165, 1.54) is 5.69 Å². The van der Waals surface area contributed by atoms with Crippen LogP contribution < -0.4 is 9.80 Å². The number of ether oxygens (including phenoxy) is 1. The Morgan fingerprint density at radius 2 is 1.75 bits per heavy atom. The van der Waals surface area contributed by atoms with Gasteiger partial charge in [0.25, 0.3) is 0 Å². The molecule has 8 heteroatoms. The van der Waals surface area contributed by atoms with Crippen LogP contribution in [-0.2, 0) is 4.74 Å². The molecule has 0 bridgehead atoms. The number of aromatic nitrogens is 4. The predicted octanol–water partition coefficient (Wildman–Crippen LogP) is 4.85. The zero-order chi connectivity index (χ0) is 22.1. The number of hydrogen-bond donors (Lipinski definition) is 0. The lowest BCUT2D eigenvalue weighted by atomic mass is 10.2. The number of benzene rings is 2. The Balaban J connectivity index is 1.51. The van der Waals surface area contributed by atoms with Crippen molar-refractivity contribution >= 4 is 39.8 Å². The second-order valence-corrected chi connectivity index (χ2v) is 8.44. The van der Waals surface area contributed by atoms with Crippen LogP contribution >= 0.6 is 11.6 Å². The van der Waals surface area contributed by atoms with E-state index in [2.05, 4.69) is 58.0 Å². The minimum absolute atomic E-state index is 0.146. The number of hydrogen-bond acceptors (Lipinski definition) is 6. The number of nitrogens with zero attached hydrogens (tertiary/aromatic N) is 6. The maximum atomic E-state index is 6.51. The van der Waals surface area contributed by atoms with E-state index in [0.29, 0.717) is 16.8 Å². The van der Waals surface area contributed by atoms with E-state index < -0.39 is 0 Å². The van der Waals surface area contributed by atoms with Crippen LogP contribution in [0.25, 0.3) is 16.7 Å². The normalized spacial score (nSPS) is 14.3. The molecule has 0 N–H and O–H groups in total. The van der Waals surface area contributed by atoms with E-state index in [0.717, 1.165) is 42.9 Å². The van der Waals surface area contributed by atoms with E-state index in [1.54, 1.807) is 10.9 Å². The fourth-order valence-electron chi connectivity index (χ4n) is 4.04. The fraction of sp³-hybridized carbons (Fsp3) is 0.292. The minimum atomic E-state index is 0.146. The maximum Gasteiger partial charge on any atom is 0.232 e. The molecule has 0 radical (unpaired) electrons. The van der Waals surface area contributed by atoms with Gasteiger partial charge >= 0.3 is 0 Å². The Morgan fingerprint density at radius 1 is 1.00 bits per heavy atom. The smallest absolute Gasteiger partial charge is 0.232 e. The molecule has 0 unspecified atom stereocenters. The second kappa shape index (κ2) is 8.76. The summed E-state index contributed by atoms with van der Waals surface area (Å²) < 4.78 is 7.23. The van der Waals surface area contributed by atoms with Gasteiger partial charge in [-0.05, 0) is 44.2 Å². The monoisotopic (exact) mass is 448 g/mol. The van der Waals surface area contributed by atoms with E-state index in [9.17, 15) is 0 Å². The van der Waals surface area contributed by atoms with Crippen molar-refractivity contribution < 1.29 is 4.74 Å². The summed E-state index contributed by atoms with van der Waals surface area (Å²) in [5.74, 6) is 1.14. The van der Waals surface area contributed by atoms with Crippen LogP contribution in [0.5, 0.6) is 0 Å². The zero-order valence-corrected chi connectivity index (χ0v) is 18.9. The molecule has 164 valence electrons. The van der Waals surface area contributed by atoms with Gasteiger partial charge in [0.05, 0.1) is 31.1 Å². The highest BCUT2D eigenvalue weighted by Gasteiger charge is 2.20. The third-order valence-corrected chi connectivity index (χ3v) is 5.89. The lowest BCUT2D eigenvalue weighted by Gasteiger charge is -2.30. The van der Waals surface area contributed by atoms with E-state index >= 15 is 0 Å². The lowest BCUT2D eigenvalue weighted by Crippen LogP contribution is -2.36. The summed E-state index contributed by atoms with van der Waals surface area (Å²) in [7, 11) is 0. The van der Waals surface area contributed by atoms with Crippen LogP contribution in [0.4, 0.5) is 17.3 Å². The van der Waals surface area contributed by atoms with Gasteiger partial charge in [-0.15, -0.1) is 0 Å². The average Bonchev–Trinajstić information content (AvgIpc) is 3.25. The van der Waals surface area contributed by atoms with Crippen molar-refractivity contribution in [2.45, 2.75) is 19.9 Å². The predicted molar refractivity (Wildman–Crippen MR) is 128 cm³/mol. The number of anilines is 3. The summed E-state index contributed by atoms with van der Waals surface area (Å²) in [6, 6.07) is 16.7. The van der Waals surface area contributed by atoms with Crippen LogP contribution in [0.1, 0.15) is 13.8 Å². The van der Waals surface area contributed by atoms with E-state index in [-0.39, 0.29) is 6.04 Å². The maximum absolute atomic E-state index is 6.51. The molecule has 0 atom stereocenters. The molecule has 4 aromatic rings. The van der Waals surface area contributed by atoms with Gasteiger partial charge in [-0.1, -0.05) is 29.8 Å². The highest BCUT2D eigenvalue weighted by molar-refractivity contribution is 6.32. The van der Waals surface area contributed by atoms with Gasteiger partial charge in [0.15, 0.2) is 5.82 Å². The van der Waals surface area contributed by atoms with Crippen molar-refractivity contribution in [1.82, 2.24) is 19.7 Å². The summed E-state index contributed by atoms with van der Waals surface area (Å²) in [5, 5.41) is 6.00. The molecule has 0 amide bonds. The first-order valence-electron chi connectivity index (χ1n) is 10.8. The van der Waals surface area contributed by atoms with Crippen LogP contribution in [-0.4, -0.2) is 52.1 Å². The number of halogens is 1. The molecule has 7 nitrogen and oxygen atoms in total. The lowest BCUT2D eigenvalue weighted by molar-refractivity contribution is 0.122. The first kappa shape index (κ1) is 20.7. The van der Waals surface area contributed by atoms with Gasteiger partial charge in [0, 0.05) is 35.9 Å². The standard InChI is InChI=1S/C24H25ClN6O/c1-17(2)30(20-9-7-19(8-10-20)29-11-13-32-14-12-29)24-26-16-21(25)23(28-24)31-22-6-4-3-5-18(22)15-27-31/h3-10,15-17H,11-14H2,1-2H3. The summed E-state index contributed by atoms with van der Waals surface area (Å²) in [5.41, 5.74) is 3.17. The van der Waals surface area contributed by atoms with Crippen molar-refractivity contribution in [3.05, 3.63) is 65.9 Å². The van der Waals surface area contributed by atoms with E-state index in [1.807, 2.05) is 30.5 Å². The van der Waals surface area contributed by atoms with Gasteiger partial charge in [0.1, 0.15) is 5.02 Å². The van der Waals surface area contributed by atoms with E-state index in [4.69, 9.17) is 21.3 Å². The summed E-state index contributed by atoms with van der Waals surface area (Å²) >= 11 is 6.51. The topological polar surface area (TPSA) is 59.3 Å². The molecule has 5 rings (SSSR count). The van der Waals surface area contributed by atoms with Crippen molar-refractivity contribution in [2.24, 2.45) is 0 Å².